The summed E-state index contributed by atoms with van der Waals surface area (Å²) in [6, 6.07) is 3.52. The zero-order valence-electron chi connectivity index (χ0n) is 6.70. The molecule has 0 radical (unpaired) electrons. The van der Waals surface area contributed by atoms with E-state index in [1.807, 2.05) is 6.07 Å². The molecule has 0 bridgehead atoms. The number of rotatable bonds is 3. The third-order valence-corrected chi connectivity index (χ3v) is 1.83. The van der Waals surface area contributed by atoms with Gasteiger partial charge >= 0.3 is 0 Å². The Kier molecular flexibility index (Phi) is 3.47. The molecule has 0 saturated carbocycles. The Morgan fingerprint density at radius 2 is 2.25 bits per heavy atom. The minimum absolute atomic E-state index is 0.0766. The summed E-state index contributed by atoms with van der Waals surface area (Å²) in [6.45, 7) is 0.575. The second kappa shape index (κ2) is 4.40. The Hall–Kier alpha value is -0.640. The molecule has 4 heteroatoms. The van der Waals surface area contributed by atoms with Crippen molar-refractivity contribution in [1.29, 1.82) is 0 Å². The predicted octanol–water partition coefficient (Wildman–Crippen LogP) is 1.08. The van der Waals surface area contributed by atoms with Gasteiger partial charge in [0, 0.05) is 12.2 Å². The molecule has 66 valence electrons. The standard InChI is InChI=1S/C8H12ClN3/c9-6-1-2-8(12-5-6)7(11)3-4-10/h1-2,5,7H,3-4,10-11H2. The maximum atomic E-state index is 5.77. The molecule has 0 aromatic carbocycles. The molecule has 0 aliphatic carbocycles. The number of halogens is 1. The maximum Gasteiger partial charge on any atom is 0.0589 e. The highest BCUT2D eigenvalue weighted by molar-refractivity contribution is 6.30. The summed E-state index contributed by atoms with van der Waals surface area (Å²) in [5.74, 6) is 0. The molecule has 0 aliphatic heterocycles. The molecule has 3 nitrogen and oxygen atoms in total. The first-order chi connectivity index (χ1) is 5.74. The number of aromatic nitrogens is 1. The quantitative estimate of drug-likeness (QED) is 0.741. The average Bonchev–Trinajstić information content (AvgIpc) is 2.06. The van der Waals surface area contributed by atoms with Crippen LogP contribution in [0.25, 0.3) is 0 Å². The summed E-state index contributed by atoms with van der Waals surface area (Å²) >= 11 is 5.67. The molecule has 12 heavy (non-hydrogen) atoms. The van der Waals surface area contributed by atoms with Crippen LogP contribution < -0.4 is 11.5 Å². The molecule has 1 rings (SSSR count). The molecule has 0 fully saturated rings. The van der Waals surface area contributed by atoms with Crippen LogP contribution in [0.1, 0.15) is 18.2 Å². The molecule has 1 unspecified atom stereocenters. The van der Waals surface area contributed by atoms with E-state index >= 15 is 0 Å². The molecule has 0 aliphatic rings. The number of nitrogens with two attached hydrogens (primary N) is 2. The van der Waals surface area contributed by atoms with Gasteiger partial charge < -0.3 is 11.5 Å². The van der Waals surface area contributed by atoms with E-state index in [0.29, 0.717) is 11.6 Å². The number of hydrogen-bond donors (Lipinski definition) is 2. The van der Waals surface area contributed by atoms with Crippen LogP contribution in [0, 0.1) is 0 Å². The van der Waals surface area contributed by atoms with Gasteiger partial charge in [-0.15, -0.1) is 0 Å². The Balaban J connectivity index is 2.68. The van der Waals surface area contributed by atoms with Gasteiger partial charge in [-0.2, -0.15) is 0 Å². The lowest BCUT2D eigenvalue weighted by Gasteiger charge is -2.08. The van der Waals surface area contributed by atoms with Crippen molar-refractivity contribution in [2.24, 2.45) is 11.5 Å². The summed E-state index contributed by atoms with van der Waals surface area (Å²) < 4.78 is 0. The number of pyridine rings is 1. The minimum atomic E-state index is -0.0766. The van der Waals surface area contributed by atoms with Crippen molar-refractivity contribution in [2.75, 3.05) is 6.54 Å². The highest BCUT2D eigenvalue weighted by Gasteiger charge is 2.04. The molecule has 0 saturated heterocycles. The van der Waals surface area contributed by atoms with E-state index in [0.717, 1.165) is 12.1 Å². The second-order valence-corrected chi connectivity index (χ2v) is 3.02. The van der Waals surface area contributed by atoms with E-state index in [1.165, 1.54) is 0 Å². The SMILES string of the molecule is NCCC(N)c1ccc(Cl)cn1. The Bertz CT molecular complexity index is 235. The summed E-state index contributed by atoms with van der Waals surface area (Å²) in [5, 5.41) is 0.624. The molecule has 0 amide bonds. The van der Waals surface area contributed by atoms with E-state index in [1.54, 1.807) is 12.3 Å². The van der Waals surface area contributed by atoms with Crippen LogP contribution in [-0.4, -0.2) is 11.5 Å². The monoisotopic (exact) mass is 185 g/mol. The summed E-state index contributed by atoms with van der Waals surface area (Å²) in [7, 11) is 0. The lowest BCUT2D eigenvalue weighted by atomic mass is 10.1. The molecule has 0 spiro atoms. The van der Waals surface area contributed by atoms with Gasteiger partial charge in [0.25, 0.3) is 0 Å². The van der Waals surface area contributed by atoms with Crippen LogP contribution in [0.2, 0.25) is 5.02 Å². The normalized spacial score (nSPS) is 12.9. The molecule has 1 aromatic rings. The zero-order valence-corrected chi connectivity index (χ0v) is 7.46. The first-order valence-corrected chi connectivity index (χ1v) is 4.19. The molecular weight excluding hydrogens is 174 g/mol. The predicted molar refractivity (Wildman–Crippen MR) is 49.8 cm³/mol. The van der Waals surface area contributed by atoms with Crippen LogP contribution in [0.3, 0.4) is 0 Å². The van der Waals surface area contributed by atoms with Crippen molar-refractivity contribution in [3.63, 3.8) is 0 Å². The Morgan fingerprint density at radius 1 is 1.50 bits per heavy atom. The zero-order chi connectivity index (χ0) is 8.97. The van der Waals surface area contributed by atoms with Gasteiger partial charge in [0.1, 0.15) is 0 Å². The topological polar surface area (TPSA) is 64.9 Å². The lowest BCUT2D eigenvalue weighted by molar-refractivity contribution is 0.643. The van der Waals surface area contributed by atoms with E-state index in [4.69, 9.17) is 23.1 Å². The van der Waals surface area contributed by atoms with E-state index in [9.17, 15) is 0 Å². The second-order valence-electron chi connectivity index (χ2n) is 2.59. The first-order valence-electron chi connectivity index (χ1n) is 3.81. The first kappa shape index (κ1) is 9.45. The average molecular weight is 186 g/mol. The molecular formula is C8H12ClN3. The van der Waals surface area contributed by atoms with Gasteiger partial charge in [-0.1, -0.05) is 11.6 Å². The third kappa shape index (κ3) is 2.44. The number of nitrogens with zero attached hydrogens (tertiary/aromatic N) is 1. The van der Waals surface area contributed by atoms with Crippen molar-refractivity contribution in [3.05, 3.63) is 29.0 Å². The fraction of sp³-hybridized carbons (Fsp3) is 0.375. The van der Waals surface area contributed by atoms with Crippen LogP contribution in [-0.2, 0) is 0 Å². The van der Waals surface area contributed by atoms with Gasteiger partial charge in [0.2, 0.25) is 0 Å². The van der Waals surface area contributed by atoms with Crippen molar-refractivity contribution in [2.45, 2.75) is 12.5 Å². The van der Waals surface area contributed by atoms with Crippen LogP contribution in [0.5, 0.6) is 0 Å². The smallest absolute Gasteiger partial charge is 0.0589 e. The molecule has 1 aromatic heterocycles. The van der Waals surface area contributed by atoms with Crippen LogP contribution >= 0.6 is 11.6 Å². The van der Waals surface area contributed by atoms with Crippen molar-refractivity contribution < 1.29 is 0 Å². The Labute approximate surface area is 76.7 Å². The molecule has 1 atom stereocenters. The summed E-state index contributed by atoms with van der Waals surface area (Å²) in [6.07, 6.45) is 2.34. The number of hydrogen-bond acceptors (Lipinski definition) is 3. The van der Waals surface area contributed by atoms with Gasteiger partial charge in [-0.05, 0) is 25.1 Å². The highest BCUT2D eigenvalue weighted by Crippen LogP contribution is 2.12. The maximum absolute atomic E-state index is 5.77. The largest absolute Gasteiger partial charge is 0.330 e. The van der Waals surface area contributed by atoms with E-state index in [-0.39, 0.29) is 6.04 Å². The molecule has 4 N–H and O–H groups in total. The van der Waals surface area contributed by atoms with Crippen molar-refractivity contribution >= 4 is 11.6 Å². The van der Waals surface area contributed by atoms with Crippen LogP contribution in [0.15, 0.2) is 18.3 Å². The van der Waals surface area contributed by atoms with Crippen molar-refractivity contribution in [3.8, 4) is 0 Å². The molecule has 1 heterocycles. The minimum Gasteiger partial charge on any atom is -0.330 e. The van der Waals surface area contributed by atoms with Crippen molar-refractivity contribution in [1.82, 2.24) is 4.98 Å². The Morgan fingerprint density at radius 3 is 2.75 bits per heavy atom. The van der Waals surface area contributed by atoms with Crippen LogP contribution in [0.4, 0.5) is 0 Å². The lowest BCUT2D eigenvalue weighted by Crippen LogP contribution is -2.16. The van der Waals surface area contributed by atoms with E-state index in [2.05, 4.69) is 4.98 Å². The summed E-state index contributed by atoms with van der Waals surface area (Å²) in [5.41, 5.74) is 12.0. The third-order valence-electron chi connectivity index (χ3n) is 1.61. The van der Waals surface area contributed by atoms with Gasteiger partial charge in [-0.25, -0.2) is 0 Å². The highest BCUT2D eigenvalue weighted by atomic mass is 35.5. The fourth-order valence-electron chi connectivity index (χ4n) is 0.934. The summed E-state index contributed by atoms with van der Waals surface area (Å²) in [4.78, 5) is 4.08. The van der Waals surface area contributed by atoms with Gasteiger partial charge in [0.05, 0.1) is 10.7 Å². The van der Waals surface area contributed by atoms with E-state index < -0.39 is 0 Å². The van der Waals surface area contributed by atoms with Gasteiger partial charge in [-0.3, -0.25) is 4.98 Å². The fourth-order valence-corrected chi connectivity index (χ4v) is 1.05. The van der Waals surface area contributed by atoms with Gasteiger partial charge in [0.15, 0.2) is 0 Å².